The Bertz CT molecular complexity index is 397. The summed E-state index contributed by atoms with van der Waals surface area (Å²) in [6.45, 7) is 4.03. The highest BCUT2D eigenvalue weighted by molar-refractivity contribution is 6.21. The minimum atomic E-state index is -1.29. The highest BCUT2D eigenvalue weighted by atomic mass is 16.8. The summed E-state index contributed by atoms with van der Waals surface area (Å²) in [5.74, 6) is -4.05. The van der Waals surface area contributed by atoms with E-state index in [9.17, 15) is 14.7 Å². The van der Waals surface area contributed by atoms with Crippen molar-refractivity contribution in [1.29, 1.82) is 5.41 Å². The molecule has 0 unspecified atom stereocenters. The molecule has 88 valence electrons. The van der Waals surface area contributed by atoms with Gasteiger partial charge < -0.3 is 19.9 Å². The van der Waals surface area contributed by atoms with Crippen molar-refractivity contribution in [3.05, 3.63) is 11.5 Å². The lowest BCUT2D eigenvalue weighted by molar-refractivity contribution is -0.220. The summed E-state index contributed by atoms with van der Waals surface area (Å²) in [6.07, 6.45) is 0. The molecule has 0 saturated heterocycles. The van der Waals surface area contributed by atoms with Gasteiger partial charge in [0.25, 0.3) is 11.7 Å². The number of nitrogens with one attached hydrogen (secondary N) is 2. The van der Waals surface area contributed by atoms with Crippen molar-refractivity contribution in [3.8, 4) is 0 Å². The zero-order valence-electron chi connectivity index (χ0n) is 9.08. The van der Waals surface area contributed by atoms with Crippen LogP contribution in [-0.4, -0.2) is 28.6 Å². The van der Waals surface area contributed by atoms with Crippen LogP contribution in [0.4, 0.5) is 0 Å². The Labute approximate surface area is 91.5 Å². The van der Waals surface area contributed by atoms with E-state index in [-0.39, 0.29) is 0 Å². The first-order valence-corrected chi connectivity index (χ1v) is 4.45. The molecule has 0 fully saturated rings. The number of carbonyl (C=O) groups excluding carboxylic acids is 2. The quantitative estimate of drug-likeness (QED) is 0.337. The first-order chi connectivity index (χ1) is 7.23. The fourth-order valence-electron chi connectivity index (χ4n) is 1.11. The molecule has 1 amide bonds. The van der Waals surface area contributed by atoms with E-state index >= 15 is 0 Å². The van der Waals surface area contributed by atoms with Crippen LogP contribution in [-0.2, 0) is 19.1 Å². The summed E-state index contributed by atoms with van der Waals surface area (Å²) >= 11 is 0. The summed E-state index contributed by atoms with van der Waals surface area (Å²) in [5, 5.41) is 18.8. The third-order valence-electron chi connectivity index (χ3n) is 1.65. The molecular weight excluding hydrogens is 216 g/mol. The predicted molar refractivity (Wildman–Crippen MR) is 52.5 cm³/mol. The maximum absolute atomic E-state index is 11.4. The van der Waals surface area contributed by atoms with Crippen LogP contribution in [0.15, 0.2) is 11.5 Å². The van der Waals surface area contributed by atoms with Crippen LogP contribution < -0.4 is 5.32 Å². The van der Waals surface area contributed by atoms with Crippen LogP contribution in [0.2, 0.25) is 0 Å². The number of amidine groups is 1. The molecule has 16 heavy (non-hydrogen) atoms. The van der Waals surface area contributed by atoms with Crippen molar-refractivity contribution in [2.75, 3.05) is 0 Å². The molecule has 0 bridgehead atoms. The Balaban J connectivity index is 2.99. The molecule has 7 heteroatoms. The Morgan fingerprint density at radius 2 is 2.00 bits per heavy atom. The monoisotopic (exact) mass is 228 g/mol. The number of amides is 1. The lowest BCUT2D eigenvalue weighted by Crippen LogP contribution is -2.42. The summed E-state index contributed by atoms with van der Waals surface area (Å²) in [4.78, 5) is 22.1. The van der Waals surface area contributed by atoms with Gasteiger partial charge in [-0.15, -0.1) is 0 Å². The maximum atomic E-state index is 11.4. The lowest BCUT2D eigenvalue weighted by Gasteiger charge is -2.30. The van der Waals surface area contributed by atoms with Crippen molar-refractivity contribution in [2.45, 2.75) is 26.6 Å². The molecule has 1 aliphatic heterocycles. The van der Waals surface area contributed by atoms with Gasteiger partial charge in [-0.25, -0.2) is 4.79 Å². The summed E-state index contributed by atoms with van der Waals surface area (Å²) < 4.78 is 9.65. The Hall–Kier alpha value is -2.05. The Morgan fingerprint density at radius 3 is 2.44 bits per heavy atom. The summed E-state index contributed by atoms with van der Waals surface area (Å²) in [6, 6.07) is 0. The molecule has 0 radical (unpaired) electrons. The minimum Gasteiger partial charge on any atom is -0.480 e. The van der Waals surface area contributed by atoms with Crippen molar-refractivity contribution in [3.63, 3.8) is 0 Å². The molecule has 0 aromatic carbocycles. The largest absolute Gasteiger partial charge is 0.480 e. The normalized spacial score (nSPS) is 18.6. The van der Waals surface area contributed by atoms with Crippen LogP contribution in [0, 0.1) is 5.41 Å². The second kappa shape index (κ2) is 3.84. The van der Waals surface area contributed by atoms with E-state index in [4.69, 9.17) is 14.9 Å². The molecule has 0 saturated carbocycles. The minimum absolute atomic E-state index is 0.505. The molecule has 0 aromatic heterocycles. The second-order valence-electron chi connectivity index (χ2n) is 3.63. The fourth-order valence-corrected chi connectivity index (χ4v) is 1.11. The Kier molecular flexibility index (Phi) is 2.88. The molecule has 1 heterocycles. The van der Waals surface area contributed by atoms with Crippen LogP contribution in [0.1, 0.15) is 20.8 Å². The fraction of sp³-hybridized carbons (Fsp3) is 0.444. The lowest BCUT2D eigenvalue weighted by atomic mass is 10.2. The molecule has 0 atom stereocenters. The number of cyclic esters (lactones) is 1. The van der Waals surface area contributed by atoms with Gasteiger partial charge in [0.2, 0.25) is 5.91 Å². The number of carbonyl (C=O) groups is 2. The Morgan fingerprint density at radius 1 is 1.44 bits per heavy atom. The van der Waals surface area contributed by atoms with E-state index in [1.807, 2.05) is 5.32 Å². The van der Waals surface area contributed by atoms with Crippen molar-refractivity contribution in [2.24, 2.45) is 0 Å². The van der Waals surface area contributed by atoms with E-state index < -0.39 is 35.0 Å². The van der Waals surface area contributed by atoms with Gasteiger partial charge in [0.05, 0.1) is 0 Å². The number of aliphatic hydroxyl groups excluding tert-OH is 1. The van der Waals surface area contributed by atoms with Gasteiger partial charge in [0.15, 0.2) is 5.57 Å². The smallest absolute Gasteiger partial charge is 0.352 e. The third kappa shape index (κ3) is 2.50. The first-order valence-electron chi connectivity index (χ1n) is 4.45. The van der Waals surface area contributed by atoms with E-state index in [2.05, 4.69) is 0 Å². The zero-order valence-corrected chi connectivity index (χ0v) is 9.08. The number of aliphatic hydroxyl groups is 1. The molecule has 0 aromatic rings. The highest BCUT2D eigenvalue weighted by Gasteiger charge is 2.38. The molecule has 0 spiro atoms. The average Bonchev–Trinajstić information content (AvgIpc) is 1.96. The van der Waals surface area contributed by atoms with Gasteiger partial charge in [0.1, 0.15) is 5.84 Å². The molecule has 3 N–H and O–H groups in total. The molecule has 1 aliphatic rings. The number of esters is 1. The average molecular weight is 228 g/mol. The molecule has 0 aliphatic carbocycles. The maximum Gasteiger partial charge on any atom is 0.352 e. The zero-order chi connectivity index (χ0) is 12.5. The van der Waals surface area contributed by atoms with E-state index in [0.717, 1.165) is 0 Å². The highest BCUT2D eigenvalue weighted by Crippen LogP contribution is 2.25. The van der Waals surface area contributed by atoms with Crippen LogP contribution in [0.3, 0.4) is 0 Å². The number of rotatable bonds is 1. The summed E-state index contributed by atoms with van der Waals surface area (Å²) in [7, 11) is 0. The van der Waals surface area contributed by atoms with Crippen LogP contribution >= 0.6 is 0 Å². The van der Waals surface area contributed by atoms with Crippen molar-refractivity contribution < 1.29 is 24.2 Å². The topological polar surface area (TPSA) is 109 Å². The van der Waals surface area contributed by atoms with E-state index in [1.54, 1.807) is 0 Å². The van der Waals surface area contributed by atoms with E-state index in [1.165, 1.54) is 20.8 Å². The third-order valence-corrected chi connectivity index (χ3v) is 1.65. The SMILES string of the molecule is CC(=O)NC(=N)C1=C(O)OC(C)(C)OC1=O. The van der Waals surface area contributed by atoms with Gasteiger partial charge in [-0.1, -0.05) is 0 Å². The molecule has 1 rings (SSSR count). The first kappa shape index (κ1) is 12.0. The van der Waals surface area contributed by atoms with Gasteiger partial charge in [-0.3, -0.25) is 10.2 Å². The predicted octanol–water partition coefficient (Wildman–Crippen LogP) is 0.179. The number of ether oxygens (including phenoxy) is 2. The number of hydrogen-bond donors (Lipinski definition) is 3. The van der Waals surface area contributed by atoms with E-state index in [0.29, 0.717) is 0 Å². The van der Waals surface area contributed by atoms with Gasteiger partial charge in [0, 0.05) is 20.8 Å². The van der Waals surface area contributed by atoms with Gasteiger partial charge >= 0.3 is 5.97 Å². The van der Waals surface area contributed by atoms with Crippen LogP contribution in [0.25, 0.3) is 0 Å². The van der Waals surface area contributed by atoms with Gasteiger partial charge in [-0.05, 0) is 0 Å². The van der Waals surface area contributed by atoms with Gasteiger partial charge in [-0.2, -0.15) is 0 Å². The standard InChI is InChI=1S/C9H12N2O5/c1-4(12)11-6(10)5-7(13)15-9(2,3)16-8(5)14/h13H,1-3H3,(H2,10,11,12). The van der Waals surface area contributed by atoms with Crippen molar-refractivity contribution in [1.82, 2.24) is 5.32 Å². The number of hydrogen-bond acceptors (Lipinski definition) is 6. The van der Waals surface area contributed by atoms with Crippen molar-refractivity contribution >= 4 is 17.7 Å². The second-order valence-corrected chi connectivity index (χ2v) is 3.63. The molecule has 7 nitrogen and oxygen atoms in total. The molecular formula is C9H12N2O5. The summed E-state index contributed by atoms with van der Waals surface area (Å²) in [5.41, 5.74) is -0.505. The van der Waals surface area contributed by atoms with Crippen LogP contribution in [0.5, 0.6) is 0 Å².